The van der Waals surface area contributed by atoms with E-state index >= 15 is 0 Å². The summed E-state index contributed by atoms with van der Waals surface area (Å²) in [7, 11) is 0. The van der Waals surface area contributed by atoms with Gasteiger partial charge in [-0.05, 0) is 43.7 Å². The van der Waals surface area contributed by atoms with Gasteiger partial charge in [0.2, 0.25) is 0 Å². The fraction of sp³-hybridized carbons (Fsp3) is 0.200. The summed E-state index contributed by atoms with van der Waals surface area (Å²) >= 11 is 0. The molecule has 0 unspecified atom stereocenters. The molecule has 0 saturated heterocycles. The number of Topliss-reactive ketones (excluding diaryl/α,β-unsaturated/α-hetero) is 2. The van der Waals surface area contributed by atoms with Crippen LogP contribution in [0.4, 0.5) is 0 Å². The standard InChI is InChI=1S/C20H20O4/c1-14(12-23-19-10-6-4-8-17(19)15(2)21)13-24-20-11-7-5-9-18(20)16(3)22/h4-11H,1,12-13H2,2-3H3. The molecule has 0 aliphatic rings. The summed E-state index contributed by atoms with van der Waals surface area (Å²) in [5.74, 6) is 0.941. The Hall–Kier alpha value is -2.88. The lowest BCUT2D eigenvalue weighted by molar-refractivity contribution is 0.100. The molecule has 2 aromatic carbocycles. The van der Waals surface area contributed by atoms with Gasteiger partial charge >= 0.3 is 0 Å². The van der Waals surface area contributed by atoms with Crippen molar-refractivity contribution in [1.29, 1.82) is 0 Å². The van der Waals surface area contributed by atoms with Gasteiger partial charge in [-0.2, -0.15) is 0 Å². The lowest BCUT2D eigenvalue weighted by Gasteiger charge is -2.13. The van der Waals surface area contributed by atoms with E-state index in [1.165, 1.54) is 13.8 Å². The van der Waals surface area contributed by atoms with Gasteiger partial charge < -0.3 is 9.47 Å². The van der Waals surface area contributed by atoms with E-state index in [0.29, 0.717) is 28.2 Å². The van der Waals surface area contributed by atoms with Gasteiger partial charge in [-0.25, -0.2) is 0 Å². The lowest BCUT2D eigenvalue weighted by atomic mass is 10.1. The van der Waals surface area contributed by atoms with E-state index in [9.17, 15) is 9.59 Å². The average Bonchev–Trinajstić information content (AvgIpc) is 2.58. The Bertz CT molecular complexity index is 698. The summed E-state index contributed by atoms with van der Waals surface area (Å²) in [6.07, 6.45) is 0. The molecule has 4 heteroatoms. The van der Waals surface area contributed by atoms with Crippen molar-refractivity contribution in [3.63, 3.8) is 0 Å². The van der Waals surface area contributed by atoms with Gasteiger partial charge in [-0.1, -0.05) is 30.8 Å². The molecule has 0 amide bonds. The number of carbonyl (C=O) groups is 2. The number of para-hydroxylation sites is 2. The molecular weight excluding hydrogens is 304 g/mol. The van der Waals surface area contributed by atoms with Crippen molar-refractivity contribution in [2.45, 2.75) is 13.8 Å². The van der Waals surface area contributed by atoms with Crippen LogP contribution in [0.15, 0.2) is 60.7 Å². The van der Waals surface area contributed by atoms with E-state index in [0.717, 1.165) is 0 Å². The highest BCUT2D eigenvalue weighted by Gasteiger charge is 2.10. The number of hydrogen-bond donors (Lipinski definition) is 0. The molecule has 0 aliphatic carbocycles. The van der Waals surface area contributed by atoms with Gasteiger partial charge in [-0.15, -0.1) is 0 Å². The molecule has 0 spiro atoms. The third-order valence-corrected chi connectivity index (χ3v) is 3.40. The molecule has 0 bridgehead atoms. The Labute approximate surface area is 141 Å². The third-order valence-electron chi connectivity index (χ3n) is 3.40. The highest BCUT2D eigenvalue weighted by atomic mass is 16.5. The first kappa shape index (κ1) is 17.5. The van der Waals surface area contributed by atoms with Crippen LogP contribution in [-0.4, -0.2) is 24.8 Å². The fourth-order valence-corrected chi connectivity index (χ4v) is 2.17. The summed E-state index contributed by atoms with van der Waals surface area (Å²) < 4.78 is 11.3. The Morgan fingerprint density at radius 2 is 1.17 bits per heavy atom. The number of ketones is 2. The number of carbonyl (C=O) groups excluding carboxylic acids is 2. The summed E-state index contributed by atoms with van der Waals surface area (Å²) in [6.45, 7) is 7.37. The predicted molar refractivity (Wildman–Crippen MR) is 93.0 cm³/mol. The zero-order valence-electron chi connectivity index (χ0n) is 13.9. The molecule has 24 heavy (non-hydrogen) atoms. The largest absolute Gasteiger partial charge is 0.488 e. The highest BCUT2D eigenvalue weighted by molar-refractivity contribution is 5.97. The molecule has 0 saturated carbocycles. The van der Waals surface area contributed by atoms with Crippen LogP contribution in [0.2, 0.25) is 0 Å². The summed E-state index contributed by atoms with van der Waals surface area (Å²) in [5.41, 5.74) is 1.77. The van der Waals surface area contributed by atoms with Crippen LogP contribution in [0.1, 0.15) is 34.6 Å². The lowest BCUT2D eigenvalue weighted by Crippen LogP contribution is -2.11. The molecule has 0 atom stereocenters. The molecule has 0 heterocycles. The topological polar surface area (TPSA) is 52.6 Å². The van der Waals surface area contributed by atoms with Gasteiger partial charge in [0, 0.05) is 0 Å². The van der Waals surface area contributed by atoms with E-state index in [4.69, 9.17) is 9.47 Å². The molecule has 0 aromatic heterocycles. The zero-order chi connectivity index (χ0) is 17.5. The Kier molecular flexibility index (Phi) is 5.90. The Morgan fingerprint density at radius 3 is 1.54 bits per heavy atom. The molecule has 0 radical (unpaired) electrons. The number of hydrogen-bond acceptors (Lipinski definition) is 4. The SMILES string of the molecule is C=C(COc1ccccc1C(C)=O)COc1ccccc1C(C)=O. The molecule has 0 N–H and O–H groups in total. The Morgan fingerprint density at radius 1 is 0.792 bits per heavy atom. The quantitative estimate of drug-likeness (QED) is 0.542. The smallest absolute Gasteiger partial charge is 0.163 e. The molecule has 4 nitrogen and oxygen atoms in total. The fourth-order valence-electron chi connectivity index (χ4n) is 2.17. The first-order valence-corrected chi connectivity index (χ1v) is 7.61. The minimum Gasteiger partial charge on any atom is -0.488 e. The van der Waals surface area contributed by atoms with Crippen LogP contribution >= 0.6 is 0 Å². The van der Waals surface area contributed by atoms with Crippen molar-refractivity contribution in [3.05, 3.63) is 71.8 Å². The first-order valence-electron chi connectivity index (χ1n) is 7.61. The van der Waals surface area contributed by atoms with Crippen molar-refractivity contribution in [2.75, 3.05) is 13.2 Å². The van der Waals surface area contributed by atoms with Gasteiger partial charge in [0.05, 0.1) is 11.1 Å². The monoisotopic (exact) mass is 324 g/mol. The van der Waals surface area contributed by atoms with E-state index in [1.54, 1.807) is 36.4 Å². The van der Waals surface area contributed by atoms with Crippen molar-refractivity contribution in [1.82, 2.24) is 0 Å². The number of ether oxygens (including phenoxy) is 2. The van der Waals surface area contributed by atoms with Gasteiger partial charge in [0.15, 0.2) is 11.6 Å². The predicted octanol–water partition coefficient (Wildman–Crippen LogP) is 4.11. The minimum absolute atomic E-state index is 0.0529. The van der Waals surface area contributed by atoms with Gasteiger partial charge in [0.25, 0.3) is 0 Å². The zero-order valence-corrected chi connectivity index (χ0v) is 13.9. The second-order valence-electron chi connectivity index (χ2n) is 5.43. The van der Waals surface area contributed by atoms with Crippen LogP contribution < -0.4 is 9.47 Å². The van der Waals surface area contributed by atoms with Crippen LogP contribution in [0.3, 0.4) is 0 Å². The maximum atomic E-state index is 11.6. The van der Waals surface area contributed by atoms with Crippen LogP contribution in [0.5, 0.6) is 11.5 Å². The van der Waals surface area contributed by atoms with E-state index in [2.05, 4.69) is 6.58 Å². The molecule has 124 valence electrons. The normalized spacial score (nSPS) is 10.1. The molecule has 0 fully saturated rings. The molecule has 2 rings (SSSR count). The van der Waals surface area contributed by atoms with Crippen LogP contribution in [0, 0.1) is 0 Å². The second-order valence-corrected chi connectivity index (χ2v) is 5.43. The van der Waals surface area contributed by atoms with Crippen molar-refractivity contribution < 1.29 is 19.1 Å². The number of rotatable bonds is 8. The number of benzene rings is 2. The van der Waals surface area contributed by atoms with Crippen LogP contribution in [0.25, 0.3) is 0 Å². The van der Waals surface area contributed by atoms with Crippen molar-refractivity contribution in [3.8, 4) is 11.5 Å². The van der Waals surface area contributed by atoms with Crippen molar-refractivity contribution >= 4 is 11.6 Å². The molecule has 2 aromatic rings. The second kappa shape index (κ2) is 8.11. The average molecular weight is 324 g/mol. The van der Waals surface area contributed by atoms with Crippen molar-refractivity contribution in [2.24, 2.45) is 0 Å². The molecule has 0 aliphatic heterocycles. The van der Waals surface area contributed by atoms with E-state index in [1.807, 2.05) is 12.1 Å². The summed E-state index contributed by atoms with van der Waals surface area (Å²) in [5, 5.41) is 0. The maximum absolute atomic E-state index is 11.6. The van der Waals surface area contributed by atoms with E-state index in [-0.39, 0.29) is 24.8 Å². The summed E-state index contributed by atoms with van der Waals surface area (Å²) in [4.78, 5) is 23.1. The third kappa shape index (κ3) is 4.56. The van der Waals surface area contributed by atoms with Gasteiger partial charge in [0.1, 0.15) is 24.7 Å². The van der Waals surface area contributed by atoms with Crippen LogP contribution in [-0.2, 0) is 0 Å². The molecular formula is C20H20O4. The Balaban J connectivity index is 1.93. The minimum atomic E-state index is -0.0529. The maximum Gasteiger partial charge on any atom is 0.163 e. The highest BCUT2D eigenvalue weighted by Crippen LogP contribution is 2.21. The van der Waals surface area contributed by atoms with E-state index < -0.39 is 0 Å². The van der Waals surface area contributed by atoms with Gasteiger partial charge in [-0.3, -0.25) is 9.59 Å². The summed E-state index contributed by atoms with van der Waals surface area (Å²) in [6, 6.07) is 14.1. The first-order chi connectivity index (χ1) is 11.5.